The smallest absolute Gasteiger partial charge is 0.133 e. The summed E-state index contributed by atoms with van der Waals surface area (Å²) < 4.78 is 1.96. The molecule has 1 aromatic carbocycles. The van der Waals surface area contributed by atoms with Gasteiger partial charge in [0.15, 0.2) is 0 Å². The van der Waals surface area contributed by atoms with E-state index in [1.54, 1.807) is 0 Å². The van der Waals surface area contributed by atoms with Gasteiger partial charge in [0.25, 0.3) is 0 Å². The molecule has 0 radical (unpaired) electrons. The zero-order chi connectivity index (χ0) is 14.6. The van der Waals surface area contributed by atoms with Gasteiger partial charge in [-0.2, -0.15) is 10.4 Å². The maximum atomic E-state index is 9.64. The standard InChI is InChI=1S/C16H20N4/c1-13-11-14(2)20(19-13)10-9-16(12-17,18-3)15-7-5-4-6-8-15/h4-8,11,18H,9-10H2,1-3H3. The second-order valence-corrected chi connectivity index (χ2v) is 5.03. The van der Waals surface area contributed by atoms with Gasteiger partial charge in [-0.15, -0.1) is 0 Å². The maximum absolute atomic E-state index is 9.64. The molecule has 0 bridgehead atoms. The predicted molar refractivity (Wildman–Crippen MR) is 79.1 cm³/mol. The molecule has 4 heteroatoms. The highest BCUT2D eigenvalue weighted by atomic mass is 15.3. The summed E-state index contributed by atoms with van der Waals surface area (Å²) in [4.78, 5) is 0. The van der Waals surface area contributed by atoms with Crippen molar-refractivity contribution in [2.45, 2.75) is 32.4 Å². The van der Waals surface area contributed by atoms with Crippen molar-refractivity contribution in [3.63, 3.8) is 0 Å². The van der Waals surface area contributed by atoms with E-state index in [2.05, 4.69) is 22.6 Å². The van der Waals surface area contributed by atoms with Crippen LogP contribution in [0.2, 0.25) is 0 Å². The van der Waals surface area contributed by atoms with E-state index < -0.39 is 5.54 Å². The van der Waals surface area contributed by atoms with Crippen LogP contribution in [0.15, 0.2) is 36.4 Å². The third kappa shape index (κ3) is 2.73. The maximum Gasteiger partial charge on any atom is 0.133 e. The third-order valence-electron chi connectivity index (χ3n) is 3.69. The molecular weight excluding hydrogens is 248 g/mol. The molecule has 0 spiro atoms. The first-order chi connectivity index (χ1) is 9.61. The molecule has 0 aliphatic rings. The summed E-state index contributed by atoms with van der Waals surface area (Å²) in [5, 5.41) is 17.3. The van der Waals surface area contributed by atoms with Gasteiger partial charge in [-0.25, -0.2) is 0 Å². The highest BCUT2D eigenvalue weighted by Crippen LogP contribution is 2.25. The Labute approximate surface area is 120 Å². The fraction of sp³-hybridized carbons (Fsp3) is 0.375. The summed E-state index contributed by atoms with van der Waals surface area (Å²) in [7, 11) is 1.83. The average molecular weight is 268 g/mol. The Kier molecular flexibility index (Phi) is 4.21. The molecule has 104 valence electrons. The minimum atomic E-state index is -0.673. The predicted octanol–water partition coefficient (Wildman–Crippen LogP) is 2.53. The van der Waals surface area contributed by atoms with Gasteiger partial charge < -0.3 is 0 Å². The number of aromatic nitrogens is 2. The molecule has 1 heterocycles. The average Bonchev–Trinajstić information content (AvgIpc) is 2.80. The molecule has 0 saturated heterocycles. The van der Waals surface area contributed by atoms with Crippen LogP contribution in [0.5, 0.6) is 0 Å². The normalized spacial score (nSPS) is 13.7. The molecule has 0 fully saturated rings. The molecular formula is C16H20N4. The number of aryl methyl sites for hydroxylation is 3. The van der Waals surface area contributed by atoms with Crippen LogP contribution in [0.4, 0.5) is 0 Å². The van der Waals surface area contributed by atoms with Crippen molar-refractivity contribution < 1.29 is 0 Å². The molecule has 1 N–H and O–H groups in total. The summed E-state index contributed by atoms with van der Waals surface area (Å²) >= 11 is 0. The summed E-state index contributed by atoms with van der Waals surface area (Å²) in [6.45, 7) is 4.73. The Morgan fingerprint density at radius 1 is 1.30 bits per heavy atom. The first-order valence-corrected chi connectivity index (χ1v) is 6.78. The van der Waals surface area contributed by atoms with Gasteiger partial charge in [0.05, 0.1) is 11.8 Å². The Morgan fingerprint density at radius 2 is 2.00 bits per heavy atom. The van der Waals surface area contributed by atoms with E-state index in [0.717, 1.165) is 17.0 Å². The third-order valence-corrected chi connectivity index (χ3v) is 3.69. The largest absolute Gasteiger partial charge is 0.299 e. The number of nitrogens with zero attached hydrogens (tertiary/aromatic N) is 3. The van der Waals surface area contributed by atoms with Crippen LogP contribution >= 0.6 is 0 Å². The lowest BCUT2D eigenvalue weighted by Gasteiger charge is -2.26. The van der Waals surface area contributed by atoms with Gasteiger partial charge in [0.2, 0.25) is 0 Å². The van der Waals surface area contributed by atoms with Crippen molar-refractivity contribution >= 4 is 0 Å². The first kappa shape index (κ1) is 14.3. The Morgan fingerprint density at radius 3 is 2.50 bits per heavy atom. The van der Waals surface area contributed by atoms with Gasteiger partial charge in [-0.1, -0.05) is 30.3 Å². The number of hydrogen-bond donors (Lipinski definition) is 1. The van der Waals surface area contributed by atoms with Gasteiger partial charge in [0.1, 0.15) is 5.54 Å². The SMILES string of the molecule is CNC(C#N)(CCn1nc(C)cc1C)c1ccccc1. The van der Waals surface area contributed by atoms with Crippen LogP contribution in [0.3, 0.4) is 0 Å². The minimum absolute atomic E-state index is 0.673. The van der Waals surface area contributed by atoms with Crippen LogP contribution in [-0.2, 0) is 12.1 Å². The van der Waals surface area contributed by atoms with Crippen molar-refractivity contribution in [3.05, 3.63) is 53.3 Å². The lowest BCUT2D eigenvalue weighted by Crippen LogP contribution is -2.39. The quantitative estimate of drug-likeness (QED) is 0.906. The Bertz CT molecular complexity index is 609. The molecule has 20 heavy (non-hydrogen) atoms. The van der Waals surface area contributed by atoms with Crippen molar-refractivity contribution in [2.24, 2.45) is 0 Å². The second-order valence-electron chi connectivity index (χ2n) is 5.03. The Hall–Kier alpha value is -2.12. The molecule has 1 atom stereocenters. The number of nitrogens with one attached hydrogen (secondary N) is 1. The van der Waals surface area contributed by atoms with E-state index in [0.29, 0.717) is 13.0 Å². The topological polar surface area (TPSA) is 53.6 Å². The molecule has 2 aromatic rings. The van der Waals surface area contributed by atoms with Crippen molar-refractivity contribution in [1.82, 2.24) is 15.1 Å². The van der Waals surface area contributed by atoms with E-state index in [-0.39, 0.29) is 0 Å². The highest BCUT2D eigenvalue weighted by molar-refractivity contribution is 5.31. The molecule has 2 rings (SSSR count). The second kappa shape index (κ2) is 5.89. The molecule has 1 aromatic heterocycles. The number of benzene rings is 1. The monoisotopic (exact) mass is 268 g/mol. The van der Waals surface area contributed by atoms with E-state index in [9.17, 15) is 5.26 Å². The van der Waals surface area contributed by atoms with Crippen LogP contribution < -0.4 is 5.32 Å². The molecule has 0 amide bonds. The number of nitriles is 1. The zero-order valence-electron chi connectivity index (χ0n) is 12.2. The van der Waals surface area contributed by atoms with Crippen LogP contribution in [0.25, 0.3) is 0 Å². The van der Waals surface area contributed by atoms with E-state index in [1.807, 2.05) is 55.9 Å². The lowest BCUT2D eigenvalue weighted by molar-refractivity contribution is 0.387. The van der Waals surface area contributed by atoms with Gasteiger partial charge >= 0.3 is 0 Å². The molecule has 1 unspecified atom stereocenters. The van der Waals surface area contributed by atoms with Crippen molar-refractivity contribution in [3.8, 4) is 6.07 Å². The molecule has 0 aliphatic carbocycles. The summed E-state index contributed by atoms with van der Waals surface area (Å²) in [5.41, 5.74) is 2.45. The van der Waals surface area contributed by atoms with Gasteiger partial charge in [-0.3, -0.25) is 10.00 Å². The fourth-order valence-corrected chi connectivity index (χ4v) is 2.49. The van der Waals surface area contributed by atoms with Gasteiger partial charge in [-0.05, 0) is 32.5 Å². The number of rotatable bonds is 5. The minimum Gasteiger partial charge on any atom is -0.299 e. The summed E-state index contributed by atoms with van der Waals surface area (Å²) in [6, 6.07) is 14.3. The van der Waals surface area contributed by atoms with Crippen molar-refractivity contribution in [2.75, 3.05) is 7.05 Å². The van der Waals surface area contributed by atoms with E-state index >= 15 is 0 Å². The van der Waals surface area contributed by atoms with Gasteiger partial charge in [0, 0.05) is 18.7 Å². The highest BCUT2D eigenvalue weighted by Gasteiger charge is 2.30. The number of hydrogen-bond acceptors (Lipinski definition) is 3. The van der Waals surface area contributed by atoms with Crippen molar-refractivity contribution in [1.29, 1.82) is 5.26 Å². The van der Waals surface area contributed by atoms with E-state index in [4.69, 9.17) is 0 Å². The van der Waals surface area contributed by atoms with Crippen LogP contribution in [0, 0.1) is 25.2 Å². The molecule has 0 saturated carbocycles. The molecule has 0 aliphatic heterocycles. The van der Waals surface area contributed by atoms with Crippen LogP contribution in [-0.4, -0.2) is 16.8 Å². The Balaban J connectivity index is 2.23. The molecule has 4 nitrogen and oxygen atoms in total. The lowest BCUT2D eigenvalue weighted by atomic mass is 9.88. The van der Waals surface area contributed by atoms with E-state index in [1.165, 1.54) is 0 Å². The van der Waals surface area contributed by atoms with Crippen LogP contribution in [0.1, 0.15) is 23.4 Å². The fourth-order valence-electron chi connectivity index (χ4n) is 2.49. The zero-order valence-corrected chi connectivity index (χ0v) is 12.2. The summed E-state index contributed by atoms with van der Waals surface area (Å²) in [5.74, 6) is 0. The summed E-state index contributed by atoms with van der Waals surface area (Å²) in [6.07, 6.45) is 0.673. The first-order valence-electron chi connectivity index (χ1n) is 6.78.